The minimum absolute atomic E-state index is 0.0143. The van der Waals surface area contributed by atoms with Crippen LogP contribution in [0.5, 0.6) is 0 Å². The highest BCUT2D eigenvalue weighted by molar-refractivity contribution is 7.92. The van der Waals surface area contributed by atoms with Crippen LogP contribution in [-0.2, 0) is 20.0 Å². The Labute approximate surface area is 156 Å². The van der Waals surface area contributed by atoms with E-state index in [1.165, 1.54) is 61.5 Å². The van der Waals surface area contributed by atoms with Gasteiger partial charge in [-0.3, -0.25) is 4.72 Å². The molecule has 0 saturated heterocycles. The smallest absolute Gasteiger partial charge is 0.261 e. The lowest BCUT2D eigenvalue weighted by Crippen LogP contribution is -2.22. The highest BCUT2D eigenvalue weighted by atomic mass is 32.2. The Kier molecular flexibility index (Phi) is 4.95. The second kappa shape index (κ2) is 7.06. The molecular weight excluding hydrogens is 392 g/mol. The zero-order chi connectivity index (χ0) is 19.7. The van der Waals surface area contributed by atoms with E-state index in [1.807, 2.05) is 0 Å². The van der Waals surface area contributed by atoms with Gasteiger partial charge in [-0.25, -0.2) is 25.8 Å². The van der Waals surface area contributed by atoms with Gasteiger partial charge in [-0.1, -0.05) is 6.07 Å². The maximum atomic E-state index is 12.6. The molecule has 0 radical (unpaired) electrons. The van der Waals surface area contributed by atoms with Crippen LogP contribution in [0.1, 0.15) is 0 Å². The lowest BCUT2D eigenvalue weighted by molar-refractivity contribution is 0.521. The van der Waals surface area contributed by atoms with E-state index in [0.717, 1.165) is 4.31 Å². The molecule has 142 valence electrons. The van der Waals surface area contributed by atoms with Crippen LogP contribution in [0.25, 0.3) is 5.69 Å². The van der Waals surface area contributed by atoms with Gasteiger partial charge in [0.05, 0.1) is 15.5 Å². The molecule has 0 saturated carbocycles. The first-order valence-electron chi connectivity index (χ1n) is 7.59. The Balaban J connectivity index is 1.86. The van der Waals surface area contributed by atoms with Gasteiger partial charge >= 0.3 is 0 Å². The SMILES string of the molecule is CN(C)S(=O)(=O)c1ccc(NS(=O)(=O)c2cccc(-n3cnnn3)c2)cc1. The number of hydrogen-bond donors (Lipinski definition) is 1. The summed E-state index contributed by atoms with van der Waals surface area (Å²) >= 11 is 0. The van der Waals surface area contributed by atoms with Gasteiger partial charge in [0.2, 0.25) is 10.0 Å². The normalized spacial score (nSPS) is 12.3. The van der Waals surface area contributed by atoms with Crippen LogP contribution in [0.3, 0.4) is 0 Å². The Morgan fingerprint density at radius 2 is 1.67 bits per heavy atom. The van der Waals surface area contributed by atoms with Gasteiger partial charge in [-0.15, -0.1) is 5.10 Å². The number of nitrogens with zero attached hydrogens (tertiary/aromatic N) is 5. The van der Waals surface area contributed by atoms with Crippen LogP contribution in [0, 0.1) is 0 Å². The van der Waals surface area contributed by atoms with Gasteiger partial charge in [-0.2, -0.15) is 0 Å². The molecule has 12 heteroatoms. The first-order chi connectivity index (χ1) is 12.7. The number of anilines is 1. The molecule has 0 unspecified atom stereocenters. The Bertz CT molecular complexity index is 1140. The minimum Gasteiger partial charge on any atom is -0.280 e. The van der Waals surface area contributed by atoms with Gasteiger partial charge < -0.3 is 0 Å². The Morgan fingerprint density at radius 1 is 0.963 bits per heavy atom. The number of sulfonamides is 2. The summed E-state index contributed by atoms with van der Waals surface area (Å²) in [5, 5.41) is 10.7. The van der Waals surface area contributed by atoms with Crippen molar-refractivity contribution in [2.24, 2.45) is 0 Å². The van der Waals surface area contributed by atoms with E-state index in [2.05, 4.69) is 20.2 Å². The average molecular weight is 408 g/mol. The Morgan fingerprint density at radius 3 is 2.26 bits per heavy atom. The molecule has 3 rings (SSSR count). The fourth-order valence-electron chi connectivity index (χ4n) is 2.19. The van der Waals surface area contributed by atoms with Crippen LogP contribution >= 0.6 is 0 Å². The second-order valence-corrected chi connectivity index (χ2v) is 9.50. The first-order valence-corrected chi connectivity index (χ1v) is 10.5. The van der Waals surface area contributed by atoms with Gasteiger partial charge in [0.1, 0.15) is 6.33 Å². The lowest BCUT2D eigenvalue weighted by Gasteiger charge is -2.12. The summed E-state index contributed by atoms with van der Waals surface area (Å²) in [6.07, 6.45) is 1.35. The van der Waals surface area contributed by atoms with E-state index < -0.39 is 20.0 Å². The first kappa shape index (κ1) is 18.9. The maximum Gasteiger partial charge on any atom is 0.261 e. The molecule has 0 spiro atoms. The quantitative estimate of drug-likeness (QED) is 0.636. The highest BCUT2D eigenvalue weighted by Gasteiger charge is 2.18. The zero-order valence-corrected chi connectivity index (χ0v) is 16.0. The fraction of sp³-hybridized carbons (Fsp3) is 0.133. The monoisotopic (exact) mass is 408 g/mol. The molecule has 3 aromatic rings. The molecule has 0 aliphatic carbocycles. The average Bonchev–Trinajstić information content (AvgIpc) is 3.16. The Hall–Kier alpha value is -2.83. The summed E-state index contributed by atoms with van der Waals surface area (Å²) in [6, 6.07) is 11.5. The van der Waals surface area contributed by atoms with Crippen LogP contribution in [0.2, 0.25) is 0 Å². The van der Waals surface area contributed by atoms with Crippen LogP contribution in [0.4, 0.5) is 5.69 Å². The highest BCUT2D eigenvalue weighted by Crippen LogP contribution is 2.21. The number of hydrogen-bond acceptors (Lipinski definition) is 7. The predicted molar refractivity (Wildman–Crippen MR) is 97.3 cm³/mol. The van der Waals surface area contributed by atoms with E-state index in [1.54, 1.807) is 12.1 Å². The number of rotatable bonds is 6. The molecule has 10 nitrogen and oxygen atoms in total. The predicted octanol–water partition coefficient (Wildman–Crippen LogP) is 0.713. The van der Waals surface area contributed by atoms with Crippen molar-refractivity contribution in [1.29, 1.82) is 0 Å². The molecule has 0 amide bonds. The van der Waals surface area contributed by atoms with Gasteiger partial charge in [0.25, 0.3) is 10.0 Å². The molecular formula is C15H16N6O4S2. The third kappa shape index (κ3) is 3.97. The van der Waals surface area contributed by atoms with E-state index in [-0.39, 0.29) is 15.5 Å². The van der Waals surface area contributed by atoms with Gasteiger partial charge in [-0.05, 0) is 52.9 Å². The third-order valence-electron chi connectivity index (χ3n) is 3.63. The summed E-state index contributed by atoms with van der Waals surface area (Å²) in [4.78, 5) is 0.0802. The van der Waals surface area contributed by atoms with Crippen molar-refractivity contribution in [2.75, 3.05) is 18.8 Å². The summed E-state index contributed by atoms with van der Waals surface area (Å²) in [5.41, 5.74) is 0.718. The summed E-state index contributed by atoms with van der Waals surface area (Å²) in [5.74, 6) is 0. The lowest BCUT2D eigenvalue weighted by atomic mass is 10.3. The number of tetrazole rings is 1. The topological polar surface area (TPSA) is 127 Å². The fourth-order valence-corrected chi connectivity index (χ4v) is 4.19. The van der Waals surface area contributed by atoms with Crippen molar-refractivity contribution >= 4 is 25.7 Å². The zero-order valence-electron chi connectivity index (χ0n) is 14.4. The molecule has 1 N–H and O–H groups in total. The number of nitrogens with one attached hydrogen (secondary N) is 1. The van der Waals surface area contributed by atoms with E-state index >= 15 is 0 Å². The summed E-state index contributed by atoms with van der Waals surface area (Å²) in [6.45, 7) is 0. The van der Waals surface area contributed by atoms with Crippen molar-refractivity contribution in [3.05, 3.63) is 54.9 Å². The molecule has 2 aromatic carbocycles. The van der Waals surface area contributed by atoms with Crippen molar-refractivity contribution in [2.45, 2.75) is 9.79 Å². The van der Waals surface area contributed by atoms with Crippen molar-refractivity contribution in [1.82, 2.24) is 24.5 Å². The molecule has 1 heterocycles. The molecule has 0 aliphatic rings. The molecule has 0 aliphatic heterocycles. The molecule has 0 atom stereocenters. The molecule has 0 fully saturated rings. The van der Waals surface area contributed by atoms with Crippen LogP contribution in [-0.4, -0.2) is 55.4 Å². The van der Waals surface area contributed by atoms with Crippen LogP contribution in [0.15, 0.2) is 64.6 Å². The van der Waals surface area contributed by atoms with Crippen molar-refractivity contribution in [3.63, 3.8) is 0 Å². The van der Waals surface area contributed by atoms with Crippen molar-refractivity contribution < 1.29 is 16.8 Å². The van der Waals surface area contributed by atoms with E-state index in [0.29, 0.717) is 5.69 Å². The third-order valence-corrected chi connectivity index (χ3v) is 6.83. The number of benzene rings is 2. The van der Waals surface area contributed by atoms with Gasteiger partial charge in [0.15, 0.2) is 0 Å². The largest absolute Gasteiger partial charge is 0.280 e. The van der Waals surface area contributed by atoms with Crippen LogP contribution < -0.4 is 4.72 Å². The maximum absolute atomic E-state index is 12.6. The van der Waals surface area contributed by atoms with Crippen molar-refractivity contribution in [3.8, 4) is 5.69 Å². The van der Waals surface area contributed by atoms with E-state index in [4.69, 9.17) is 0 Å². The summed E-state index contributed by atoms with van der Waals surface area (Å²) in [7, 11) is -4.63. The minimum atomic E-state index is -3.88. The standard InChI is InChI=1S/C15H16N6O4S2/c1-20(2)27(24,25)14-8-6-12(7-9-14)17-26(22,23)15-5-3-4-13(10-15)21-11-16-18-19-21/h3-11,17H,1-2H3. The molecule has 27 heavy (non-hydrogen) atoms. The van der Waals surface area contributed by atoms with Gasteiger partial charge in [0, 0.05) is 19.8 Å². The van der Waals surface area contributed by atoms with E-state index in [9.17, 15) is 16.8 Å². The number of aromatic nitrogens is 4. The molecule has 0 bridgehead atoms. The second-order valence-electron chi connectivity index (χ2n) is 5.67. The molecule has 1 aromatic heterocycles. The summed E-state index contributed by atoms with van der Waals surface area (Å²) < 4.78 is 54.2.